The van der Waals surface area contributed by atoms with E-state index in [0.29, 0.717) is 19.0 Å². The number of nitrogens with zero attached hydrogens (tertiary/aromatic N) is 1. The van der Waals surface area contributed by atoms with Crippen molar-refractivity contribution in [3.63, 3.8) is 0 Å². The molecule has 124 valence electrons. The lowest BCUT2D eigenvalue weighted by molar-refractivity contribution is 0.107. The summed E-state index contributed by atoms with van der Waals surface area (Å²) in [5.74, 6) is 0.422. The molecule has 1 heterocycles. The molecule has 1 saturated heterocycles. The van der Waals surface area contributed by atoms with E-state index in [1.165, 1.54) is 0 Å². The van der Waals surface area contributed by atoms with Crippen LogP contribution >= 0.6 is 0 Å². The lowest BCUT2D eigenvalue weighted by Gasteiger charge is -2.32. The third-order valence-corrected chi connectivity index (χ3v) is 6.18. The molecule has 0 aromatic heterocycles. The maximum Gasteiger partial charge on any atom is 0.279 e. The highest BCUT2D eigenvalue weighted by Gasteiger charge is 2.33. The van der Waals surface area contributed by atoms with Crippen molar-refractivity contribution in [3.05, 3.63) is 0 Å². The van der Waals surface area contributed by atoms with Crippen molar-refractivity contribution in [2.24, 2.45) is 5.92 Å². The Morgan fingerprint density at radius 3 is 2.76 bits per heavy atom. The standard InChI is InChI=1S/C14H29N3O3S/c1-3-15-10-12-5-4-8-17(11-12)21(18,19)16-13-6-7-14(9-13)20-2/h12-16H,3-11H2,1-2H3. The molecular formula is C14H29N3O3S. The van der Waals surface area contributed by atoms with Crippen LogP contribution in [0.5, 0.6) is 0 Å². The van der Waals surface area contributed by atoms with E-state index >= 15 is 0 Å². The van der Waals surface area contributed by atoms with Crippen LogP contribution in [0, 0.1) is 5.92 Å². The van der Waals surface area contributed by atoms with E-state index in [1.807, 2.05) is 0 Å². The second-order valence-electron chi connectivity index (χ2n) is 6.16. The van der Waals surface area contributed by atoms with Crippen LogP contribution in [0.2, 0.25) is 0 Å². The largest absolute Gasteiger partial charge is 0.381 e. The van der Waals surface area contributed by atoms with Crippen molar-refractivity contribution in [1.29, 1.82) is 0 Å². The van der Waals surface area contributed by atoms with Crippen LogP contribution in [-0.4, -0.2) is 58.2 Å². The van der Waals surface area contributed by atoms with Gasteiger partial charge in [-0.1, -0.05) is 6.92 Å². The molecule has 1 saturated carbocycles. The van der Waals surface area contributed by atoms with Crippen molar-refractivity contribution in [1.82, 2.24) is 14.3 Å². The molecule has 7 heteroatoms. The number of piperidine rings is 1. The molecule has 2 aliphatic rings. The van der Waals surface area contributed by atoms with Gasteiger partial charge in [0.25, 0.3) is 10.2 Å². The molecule has 0 aromatic carbocycles. The second-order valence-corrected chi connectivity index (χ2v) is 7.87. The Morgan fingerprint density at radius 2 is 2.10 bits per heavy atom. The van der Waals surface area contributed by atoms with Gasteiger partial charge in [0, 0.05) is 26.2 Å². The number of hydrogen-bond acceptors (Lipinski definition) is 4. The van der Waals surface area contributed by atoms with Crippen molar-refractivity contribution in [2.45, 2.75) is 51.2 Å². The van der Waals surface area contributed by atoms with E-state index in [4.69, 9.17) is 4.74 Å². The second kappa shape index (κ2) is 7.87. The van der Waals surface area contributed by atoms with Crippen LogP contribution < -0.4 is 10.0 Å². The van der Waals surface area contributed by atoms with E-state index in [-0.39, 0.29) is 12.1 Å². The van der Waals surface area contributed by atoms with Gasteiger partial charge in [-0.3, -0.25) is 0 Å². The summed E-state index contributed by atoms with van der Waals surface area (Å²) in [7, 11) is -1.66. The quantitative estimate of drug-likeness (QED) is 0.725. The molecule has 1 aliphatic heterocycles. The fourth-order valence-electron chi connectivity index (χ4n) is 3.31. The monoisotopic (exact) mass is 319 g/mol. The van der Waals surface area contributed by atoms with Gasteiger partial charge in [0.15, 0.2) is 0 Å². The topological polar surface area (TPSA) is 70.7 Å². The molecule has 2 fully saturated rings. The van der Waals surface area contributed by atoms with Crippen LogP contribution in [0.15, 0.2) is 0 Å². The van der Waals surface area contributed by atoms with Crippen molar-refractivity contribution < 1.29 is 13.2 Å². The molecule has 0 aromatic rings. The number of nitrogens with one attached hydrogen (secondary N) is 2. The normalized spacial score (nSPS) is 31.6. The Bertz CT molecular complexity index is 416. The van der Waals surface area contributed by atoms with E-state index in [0.717, 1.165) is 45.2 Å². The molecule has 21 heavy (non-hydrogen) atoms. The van der Waals surface area contributed by atoms with Gasteiger partial charge in [-0.2, -0.15) is 17.4 Å². The van der Waals surface area contributed by atoms with E-state index < -0.39 is 10.2 Å². The maximum absolute atomic E-state index is 12.5. The van der Waals surface area contributed by atoms with E-state index in [9.17, 15) is 8.42 Å². The summed E-state index contributed by atoms with van der Waals surface area (Å²) in [6.45, 7) is 5.17. The van der Waals surface area contributed by atoms with Gasteiger partial charge in [-0.25, -0.2) is 0 Å². The third kappa shape index (κ3) is 4.89. The van der Waals surface area contributed by atoms with Gasteiger partial charge in [0.1, 0.15) is 0 Å². The summed E-state index contributed by atoms with van der Waals surface area (Å²) < 4.78 is 34.8. The van der Waals surface area contributed by atoms with E-state index in [1.54, 1.807) is 11.4 Å². The predicted octanol–water partition coefficient (Wildman–Crippen LogP) is 0.710. The average Bonchev–Trinajstić information content (AvgIpc) is 2.92. The maximum atomic E-state index is 12.5. The number of ether oxygens (including phenoxy) is 1. The molecular weight excluding hydrogens is 290 g/mol. The van der Waals surface area contributed by atoms with Gasteiger partial charge < -0.3 is 10.1 Å². The SMILES string of the molecule is CCNCC1CCCN(S(=O)(=O)NC2CCC(OC)C2)C1. The zero-order valence-electron chi connectivity index (χ0n) is 13.2. The molecule has 0 amide bonds. The van der Waals surface area contributed by atoms with Gasteiger partial charge in [0.05, 0.1) is 6.10 Å². The zero-order valence-corrected chi connectivity index (χ0v) is 14.0. The van der Waals surface area contributed by atoms with Crippen molar-refractivity contribution in [3.8, 4) is 0 Å². The van der Waals surface area contributed by atoms with Crippen LogP contribution in [-0.2, 0) is 14.9 Å². The first-order valence-electron chi connectivity index (χ1n) is 8.06. The number of hydrogen-bond donors (Lipinski definition) is 2. The van der Waals surface area contributed by atoms with Crippen molar-refractivity contribution in [2.75, 3.05) is 33.3 Å². The lowest BCUT2D eigenvalue weighted by atomic mass is 10.00. The first-order valence-corrected chi connectivity index (χ1v) is 9.50. The van der Waals surface area contributed by atoms with Gasteiger partial charge in [0.2, 0.25) is 0 Å². The zero-order chi connectivity index (χ0) is 15.3. The molecule has 3 atom stereocenters. The Morgan fingerprint density at radius 1 is 1.29 bits per heavy atom. The average molecular weight is 319 g/mol. The first kappa shape index (κ1) is 17.1. The minimum atomic E-state index is -3.36. The minimum Gasteiger partial charge on any atom is -0.381 e. The summed E-state index contributed by atoms with van der Waals surface area (Å²) in [6, 6.07) is 0.0223. The van der Waals surface area contributed by atoms with Crippen LogP contribution in [0.4, 0.5) is 0 Å². The first-order chi connectivity index (χ1) is 10.0. The lowest BCUT2D eigenvalue weighted by Crippen LogP contribution is -2.49. The highest BCUT2D eigenvalue weighted by Crippen LogP contribution is 2.24. The molecule has 3 unspecified atom stereocenters. The molecule has 2 rings (SSSR count). The fraction of sp³-hybridized carbons (Fsp3) is 1.00. The minimum absolute atomic E-state index is 0.0223. The fourth-order valence-corrected chi connectivity index (χ4v) is 4.87. The summed E-state index contributed by atoms with van der Waals surface area (Å²) >= 11 is 0. The molecule has 6 nitrogen and oxygen atoms in total. The Kier molecular flexibility index (Phi) is 6.43. The summed E-state index contributed by atoms with van der Waals surface area (Å²) in [5.41, 5.74) is 0. The highest BCUT2D eigenvalue weighted by atomic mass is 32.2. The van der Waals surface area contributed by atoms with Crippen LogP contribution in [0.3, 0.4) is 0 Å². The Labute approximate surface area is 128 Å². The molecule has 1 aliphatic carbocycles. The smallest absolute Gasteiger partial charge is 0.279 e. The summed E-state index contributed by atoms with van der Waals surface area (Å²) in [4.78, 5) is 0. The molecule has 2 N–H and O–H groups in total. The molecule has 0 spiro atoms. The van der Waals surface area contributed by atoms with Crippen LogP contribution in [0.1, 0.15) is 39.0 Å². The van der Waals surface area contributed by atoms with Gasteiger partial charge in [-0.05, 0) is 51.1 Å². The third-order valence-electron chi connectivity index (χ3n) is 4.54. The predicted molar refractivity (Wildman–Crippen MR) is 83.3 cm³/mol. The summed E-state index contributed by atoms with van der Waals surface area (Å²) in [6.07, 6.45) is 4.83. The van der Waals surface area contributed by atoms with Gasteiger partial charge in [-0.15, -0.1) is 0 Å². The summed E-state index contributed by atoms with van der Waals surface area (Å²) in [5, 5.41) is 3.32. The highest BCUT2D eigenvalue weighted by molar-refractivity contribution is 7.87. The van der Waals surface area contributed by atoms with Crippen LogP contribution in [0.25, 0.3) is 0 Å². The molecule has 0 radical (unpaired) electrons. The Balaban J connectivity index is 1.86. The number of rotatable bonds is 7. The van der Waals surface area contributed by atoms with E-state index in [2.05, 4.69) is 17.0 Å². The Hall–Kier alpha value is -0.210. The van der Waals surface area contributed by atoms with Crippen molar-refractivity contribution >= 4 is 10.2 Å². The number of methoxy groups -OCH3 is 1. The molecule has 0 bridgehead atoms. The van der Waals surface area contributed by atoms with Gasteiger partial charge >= 0.3 is 0 Å².